The molecule has 1 aliphatic rings. The molecule has 82 valence electrons. The Bertz CT molecular complexity index is 172. The van der Waals surface area contributed by atoms with E-state index >= 15 is 0 Å². The predicted molar refractivity (Wildman–Crippen MR) is 56.1 cm³/mol. The molecule has 1 rings (SSSR count). The summed E-state index contributed by atoms with van der Waals surface area (Å²) in [6.07, 6.45) is 3.86. The highest BCUT2D eigenvalue weighted by molar-refractivity contribution is 5.72. The van der Waals surface area contributed by atoms with Crippen LogP contribution in [0.4, 0.5) is 0 Å². The Labute approximate surface area is 86.2 Å². The van der Waals surface area contributed by atoms with Gasteiger partial charge in [-0.1, -0.05) is 13.8 Å². The number of carbonyl (C=O) groups excluding carboxylic acids is 1. The first-order valence-electron chi connectivity index (χ1n) is 5.69. The van der Waals surface area contributed by atoms with Gasteiger partial charge in [-0.15, -0.1) is 0 Å². The van der Waals surface area contributed by atoms with Crippen LogP contribution in [0.5, 0.6) is 0 Å². The summed E-state index contributed by atoms with van der Waals surface area (Å²) in [6.45, 7) is 6.03. The van der Waals surface area contributed by atoms with Gasteiger partial charge < -0.3 is 10.1 Å². The molecule has 1 aliphatic heterocycles. The van der Waals surface area contributed by atoms with Gasteiger partial charge in [0.05, 0.1) is 5.92 Å². The molecule has 0 aromatic heterocycles. The first-order valence-corrected chi connectivity index (χ1v) is 5.69. The minimum atomic E-state index is 0.00176. The molecule has 0 amide bonds. The summed E-state index contributed by atoms with van der Waals surface area (Å²) in [7, 11) is 0. The molecular weight excluding hydrogens is 178 g/mol. The summed E-state index contributed by atoms with van der Waals surface area (Å²) in [5, 5.41) is 3.25. The quantitative estimate of drug-likeness (QED) is 0.701. The van der Waals surface area contributed by atoms with E-state index in [9.17, 15) is 4.79 Å². The van der Waals surface area contributed by atoms with Crippen molar-refractivity contribution in [2.24, 2.45) is 5.92 Å². The van der Waals surface area contributed by atoms with Crippen LogP contribution in [0.25, 0.3) is 0 Å². The lowest BCUT2D eigenvalue weighted by atomic mass is 10.0. The number of piperidine rings is 1. The molecule has 0 bridgehead atoms. The van der Waals surface area contributed by atoms with Gasteiger partial charge in [0.15, 0.2) is 0 Å². The highest BCUT2D eigenvalue weighted by Crippen LogP contribution is 2.14. The molecule has 0 aromatic carbocycles. The molecule has 0 aromatic rings. The zero-order chi connectivity index (χ0) is 10.4. The topological polar surface area (TPSA) is 38.3 Å². The van der Waals surface area contributed by atoms with Gasteiger partial charge in [0.1, 0.15) is 6.10 Å². The van der Waals surface area contributed by atoms with Gasteiger partial charge in [-0.05, 0) is 38.8 Å². The van der Waals surface area contributed by atoms with E-state index in [1.165, 1.54) is 0 Å². The number of carbonyl (C=O) groups is 1. The van der Waals surface area contributed by atoms with Crippen LogP contribution in [0.2, 0.25) is 0 Å². The van der Waals surface area contributed by atoms with Gasteiger partial charge in [0.25, 0.3) is 0 Å². The van der Waals surface area contributed by atoms with Gasteiger partial charge in [-0.2, -0.15) is 0 Å². The fourth-order valence-corrected chi connectivity index (χ4v) is 1.80. The molecule has 0 spiro atoms. The second-order valence-electron chi connectivity index (χ2n) is 3.90. The van der Waals surface area contributed by atoms with E-state index in [1.807, 2.05) is 13.8 Å². The van der Waals surface area contributed by atoms with Crippen molar-refractivity contribution < 1.29 is 9.53 Å². The number of hydrogen-bond acceptors (Lipinski definition) is 3. The molecule has 3 nitrogen and oxygen atoms in total. The molecule has 14 heavy (non-hydrogen) atoms. The Balaban J connectivity index is 2.30. The third-order valence-corrected chi connectivity index (χ3v) is 2.89. The van der Waals surface area contributed by atoms with Gasteiger partial charge in [0, 0.05) is 0 Å². The third-order valence-electron chi connectivity index (χ3n) is 2.89. The highest BCUT2D eigenvalue weighted by Gasteiger charge is 2.21. The Morgan fingerprint density at radius 1 is 1.36 bits per heavy atom. The number of ether oxygens (including phenoxy) is 1. The molecule has 1 fully saturated rings. The molecule has 0 unspecified atom stereocenters. The van der Waals surface area contributed by atoms with E-state index in [-0.39, 0.29) is 18.0 Å². The van der Waals surface area contributed by atoms with Crippen molar-refractivity contribution >= 4 is 5.97 Å². The van der Waals surface area contributed by atoms with Crippen molar-refractivity contribution in [1.29, 1.82) is 0 Å². The van der Waals surface area contributed by atoms with Crippen molar-refractivity contribution in [1.82, 2.24) is 5.32 Å². The molecule has 1 heterocycles. The monoisotopic (exact) mass is 199 g/mol. The maximum absolute atomic E-state index is 11.6. The molecule has 3 heteroatoms. The van der Waals surface area contributed by atoms with Crippen LogP contribution in [-0.4, -0.2) is 25.2 Å². The van der Waals surface area contributed by atoms with Crippen LogP contribution in [0.3, 0.4) is 0 Å². The number of rotatable bonds is 4. The minimum Gasteiger partial charge on any atom is -0.462 e. The average Bonchev–Trinajstić information content (AvgIpc) is 2.21. The average molecular weight is 199 g/mol. The number of esters is 1. The van der Waals surface area contributed by atoms with Crippen molar-refractivity contribution in [2.75, 3.05) is 13.1 Å². The van der Waals surface area contributed by atoms with E-state index < -0.39 is 0 Å². The molecule has 0 radical (unpaired) electrons. The Hall–Kier alpha value is -0.570. The number of hydrogen-bond donors (Lipinski definition) is 1. The molecular formula is C11H21NO2. The molecule has 0 aliphatic carbocycles. The van der Waals surface area contributed by atoms with Gasteiger partial charge in [-0.3, -0.25) is 4.79 Å². The van der Waals surface area contributed by atoms with Crippen LogP contribution in [0, 0.1) is 5.92 Å². The Kier molecular flexibility index (Phi) is 4.94. The summed E-state index contributed by atoms with van der Waals surface area (Å²) < 4.78 is 5.46. The lowest BCUT2D eigenvalue weighted by Crippen LogP contribution is -2.35. The van der Waals surface area contributed by atoms with Crippen molar-refractivity contribution in [3.63, 3.8) is 0 Å². The molecule has 0 saturated carbocycles. The maximum atomic E-state index is 11.6. The van der Waals surface area contributed by atoms with Crippen molar-refractivity contribution in [2.45, 2.75) is 45.6 Å². The van der Waals surface area contributed by atoms with Gasteiger partial charge in [-0.25, -0.2) is 0 Å². The molecule has 0 atom stereocenters. The zero-order valence-corrected chi connectivity index (χ0v) is 9.21. The van der Waals surface area contributed by atoms with Gasteiger partial charge >= 0.3 is 5.97 Å². The second-order valence-corrected chi connectivity index (χ2v) is 3.90. The van der Waals surface area contributed by atoms with Crippen LogP contribution in [0.1, 0.15) is 39.5 Å². The van der Waals surface area contributed by atoms with E-state index in [2.05, 4.69) is 5.32 Å². The standard InChI is InChI=1S/C11H21NO2/c1-3-9(4-2)11(13)14-10-5-7-12-8-6-10/h9-10,12H,3-8H2,1-2H3. The predicted octanol–water partition coefficient (Wildman–Crippen LogP) is 1.72. The molecule has 1 saturated heterocycles. The highest BCUT2D eigenvalue weighted by atomic mass is 16.5. The number of nitrogens with one attached hydrogen (secondary N) is 1. The van der Waals surface area contributed by atoms with E-state index in [1.54, 1.807) is 0 Å². The smallest absolute Gasteiger partial charge is 0.309 e. The first kappa shape index (κ1) is 11.5. The maximum Gasteiger partial charge on any atom is 0.309 e. The fourth-order valence-electron chi connectivity index (χ4n) is 1.80. The SMILES string of the molecule is CCC(CC)C(=O)OC1CCNCC1. The molecule has 1 N–H and O–H groups in total. The summed E-state index contributed by atoms with van der Waals surface area (Å²) in [5.74, 6) is 0.104. The van der Waals surface area contributed by atoms with E-state index in [0.717, 1.165) is 38.8 Å². The van der Waals surface area contributed by atoms with E-state index in [4.69, 9.17) is 4.74 Å². The summed E-state index contributed by atoms with van der Waals surface area (Å²) in [6, 6.07) is 0. The van der Waals surface area contributed by atoms with Crippen molar-refractivity contribution in [3.05, 3.63) is 0 Å². The third kappa shape index (κ3) is 3.29. The van der Waals surface area contributed by atoms with Gasteiger partial charge in [0.2, 0.25) is 0 Å². The lowest BCUT2D eigenvalue weighted by Gasteiger charge is -2.24. The minimum absolute atomic E-state index is 0.00176. The normalized spacial score (nSPS) is 18.5. The summed E-state index contributed by atoms with van der Waals surface area (Å²) >= 11 is 0. The van der Waals surface area contributed by atoms with E-state index in [0.29, 0.717) is 0 Å². The van der Waals surface area contributed by atoms with Crippen molar-refractivity contribution in [3.8, 4) is 0 Å². The van der Waals surface area contributed by atoms with Crippen LogP contribution < -0.4 is 5.32 Å². The Morgan fingerprint density at radius 2 is 1.93 bits per heavy atom. The second kappa shape index (κ2) is 6.02. The largest absolute Gasteiger partial charge is 0.462 e. The Morgan fingerprint density at radius 3 is 2.43 bits per heavy atom. The fraction of sp³-hybridized carbons (Fsp3) is 0.909. The van der Waals surface area contributed by atoms with Crippen LogP contribution in [0.15, 0.2) is 0 Å². The lowest BCUT2D eigenvalue weighted by molar-refractivity contribution is -0.155. The van der Waals surface area contributed by atoms with Crippen LogP contribution in [-0.2, 0) is 9.53 Å². The zero-order valence-electron chi connectivity index (χ0n) is 9.21. The van der Waals surface area contributed by atoms with Crippen LogP contribution >= 0.6 is 0 Å². The first-order chi connectivity index (χ1) is 6.77. The summed E-state index contributed by atoms with van der Waals surface area (Å²) in [5.41, 5.74) is 0. The summed E-state index contributed by atoms with van der Waals surface area (Å²) in [4.78, 5) is 11.6.